The lowest BCUT2D eigenvalue weighted by atomic mass is 9.98. The number of aliphatic imine (C=N–C) groups is 1. The van der Waals surface area contributed by atoms with Crippen LogP contribution in [0, 0.1) is 0 Å². The molecule has 5 nitrogen and oxygen atoms in total. The van der Waals surface area contributed by atoms with E-state index in [1.165, 1.54) is 37.5 Å². The molecule has 2 rings (SSSR count). The van der Waals surface area contributed by atoms with Crippen molar-refractivity contribution in [3.05, 3.63) is 24.3 Å². The van der Waals surface area contributed by atoms with Crippen molar-refractivity contribution >= 4 is 35.6 Å². The number of rotatable bonds is 7. The van der Waals surface area contributed by atoms with E-state index in [1.54, 1.807) is 6.07 Å². The zero-order valence-corrected chi connectivity index (χ0v) is 16.8. The van der Waals surface area contributed by atoms with Crippen LogP contribution in [0.4, 0.5) is 18.9 Å². The third kappa shape index (κ3) is 8.93. The van der Waals surface area contributed by atoms with Gasteiger partial charge in [0, 0.05) is 13.2 Å². The molecule has 0 aromatic heterocycles. The van der Waals surface area contributed by atoms with Gasteiger partial charge in [-0.3, -0.25) is 4.99 Å². The number of nitrogens with two attached hydrogens (primary N) is 1. The molecule has 1 aromatic carbocycles. The number of halogens is 4. The summed E-state index contributed by atoms with van der Waals surface area (Å²) in [5.41, 5.74) is 5.84. The Bertz CT molecular complexity index is 564. The smallest absolute Gasteiger partial charge is 0.404 e. The van der Waals surface area contributed by atoms with Gasteiger partial charge in [0.1, 0.15) is 0 Å². The fraction of sp³-hybridized carbons (Fsp3) is 0.588. The standard InChI is InChI=1S/C17H24F3N3O2.HI/c18-17(19,20)25-15-10-5-4-9-14(15)23-16(21)22-11-6-12-24-13-7-2-1-3-8-13;/h4-5,9-10,13H,1-3,6-8,11-12H2,(H3,21,22,23);1H. The molecule has 9 heteroatoms. The Hall–Kier alpha value is -1.23. The predicted octanol–water partition coefficient (Wildman–Crippen LogP) is 4.67. The summed E-state index contributed by atoms with van der Waals surface area (Å²) in [6.45, 7) is 1.04. The second-order valence-electron chi connectivity index (χ2n) is 5.92. The number of nitrogens with zero attached hydrogens (tertiary/aromatic N) is 1. The molecule has 0 heterocycles. The monoisotopic (exact) mass is 487 g/mol. The van der Waals surface area contributed by atoms with Crippen molar-refractivity contribution in [2.75, 3.05) is 18.5 Å². The van der Waals surface area contributed by atoms with Crippen LogP contribution < -0.4 is 15.8 Å². The van der Waals surface area contributed by atoms with Gasteiger partial charge in [-0.05, 0) is 31.4 Å². The van der Waals surface area contributed by atoms with E-state index in [0.29, 0.717) is 25.7 Å². The molecule has 26 heavy (non-hydrogen) atoms. The van der Waals surface area contributed by atoms with Crippen molar-refractivity contribution in [3.8, 4) is 5.75 Å². The Morgan fingerprint density at radius 1 is 1.19 bits per heavy atom. The van der Waals surface area contributed by atoms with Crippen LogP contribution in [-0.4, -0.2) is 31.6 Å². The lowest BCUT2D eigenvalue weighted by molar-refractivity contribution is -0.274. The van der Waals surface area contributed by atoms with Crippen molar-refractivity contribution in [2.24, 2.45) is 10.7 Å². The zero-order chi connectivity index (χ0) is 18.1. The number of hydrogen-bond donors (Lipinski definition) is 2. The van der Waals surface area contributed by atoms with Crippen LogP contribution in [0.3, 0.4) is 0 Å². The van der Waals surface area contributed by atoms with Gasteiger partial charge in [0.05, 0.1) is 11.8 Å². The van der Waals surface area contributed by atoms with E-state index in [4.69, 9.17) is 10.5 Å². The second kappa shape index (κ2) is 11.5. The van der Waals surface area contributed by atoms with E-state index in [9.17, 15) is 13.2 Å². The summed E-state index contributed by atoms with van der Waals surface area (Å²) in [6.07, 6.45) is 2.25. The summed E-state index contributed by atoms with van der Waals surface area (Å²) >= 11 is 0. The van der Waals surface area contributed by atoms with E-state index in [0.717, 1.165) is 12.8 Å². The SMILES string of the molecule is I.NC(=NCCCOC1CCCCC1)Nc1ccccc1OC(F)(F)F. The molecule has 3 N–H and O–H groups in total. The minimum absolute atomic E-state index is 0. The van der Waals surface area contributed by atoms with Crippen molar-refractivity contribution in [1.29, 1.82) is 0 Å². The van der Waals surface area contributed by atoms with Gasteiger partial charge >= 0.3 is 6.36 Å². The molecule has 0 aliphatic heterocycles. The van der Waals surface area contributed by atoms with E-state index >= 15 is 0 Å². The molecule has 1 saturated carbocycles. The molecule has 1 aliphatic carbocycles. The van der Waals surface area contributed by atoms with Crippen LogP contribution >= 0.6 is 24.0 Å². The highest BCUT2D eigenvalue weighted by Gasteiger charge is 2.32. The first-order chi connectivity index (χ1) is 11.9. The summed E-state index contributed by atoms with van der Waals surface area (Å²) in [5, 5.41) is 2.64. The van der Waals surface area contributed by atoms with Crippen LogP contribution in [0.15, 0.2) is 29.3 Å². The van der Waals surface area contributed by atoms with Gasteiger partial charge in [-0.2, -0.15) is 0 Å². The predicted molar refractivity (Wildman–Crippen MR) is 106 cm³/mol. The molecule has 0 spiro atoms. The number of ether oxygens (including phenoxy) is 2. The zero-order valence-electron chi connectivity index (χ0n) is 14.4. The maximum absolute atomic E-state index is 12.4. The fourth-order valence-corrected chi connectivity index (χ4v) is 2.71. The molecule has 0 amide bonds. The number of nitrogens with one attached hydrogen (secondary N) is 1. The number of guanidine groups is 1. The topological polar surface area (TPSA) is 68.9 Å². The summed E-state index contributed by atoms with van der Waals surface area (Å²) in [6, 6.07) is 5.68. The Labute approximate surface area is 168 Å². The van der Waals surface area contributed by atoms with Gasteiger partial charge in [-0.25, -0.2) is 0 Å². The molecule has 1 fully saturated rings. The number of alkyl halides is 3. The average Bonchev–Trinajstić information content (AvgIpc) is 2.56. The van der Waals surface area contributed by atoms with Gasteiger partial charge in [-0.1, -0.05) is 31.4 Å². The molecular weight excluding hydrogens is 462 g/mol. The molecule has 0 radical (unpaired) electrons. The fourth-order valence-electron chi connectivity index (χ4n) is 2.71. The van der Waals surface area contributed by atoms with E-state index < -0.39 is 6.36 Å². The number of hydrogen-bond acceptors (Lipinski definition) is 3. The van der Waals surface area contributed by atoms with Crippen molar-refractivity contribution in [2.45, 2.75) is 51.0 Å². The molecule has 0 bridgehead atoms. The van der Waals surface area contributed by atoms with Crippen LogP contribution in [0.2, 0.25) is 0 Å². The number of anilines is 1. The van der Waals surface area contributed by atoms with Gasteiger partial charge in [0.15, 0.2) is 11.7 Å². The lowest BCUT2D eigenvalue weighted by Crippen LogP contribution is -2.25. The third-order valence-electron chi connectivity index (χ3n) is 3.87. The molecule has 1 aliphatic rings. The highest BCUT2D eigenvalue weighted by Crippen LogP contribution is 2.29. The van der Waals surface area contributed by atoms with E-state index in [2.05, 4.69) is 15.0 Å². The van der Waals surface area contributed by atoms with Gasteiger partial charge < -0.3 is 20.5 Å². The highest BCUT2D eigenvalue weighted by molar-refractivity contribution is 14.0. The van der Waals surface area contributed by atoms with Gasteiger partial charge in [-0.15, -0.1) is 37.1 Å². The molecule has 0 unspecified atom stereocenters. The van der Waals surface area contributed by atoms with Gasteiger partial charge in [0.25, 0.3) is 0 Å². The van der Waals surface area contributed by atoms with Crippen molar-refractivity contribution in [1.82, 2.24) is 0 Å². The third-order valence-corrected chi connectivity index (χ3v) is 3.87. The summed E-state index contributed by atoms with van der Waals surface area (Å²) in [4.78, 5) is 4.11. The molecule has 0 atom stereocenters. The van der Waals surface area contributed by atoms with Crippen molar-refractivity contribution < 1.29 is 22.6 Å². The molecule has 148 valence electrons. The quantitative estimate of drug-likeness (QED) is 0.254. The molecular formula is C17H25F3IN3O2. The van der Waals surface area contributed by atoms with Gasteiger partial charge in [0.2, 0.25) is 0 Å². The number of para-hydroxylation sites is 2. The van der Waals surface area contributed by atoms with Crippen LogP contribution in [0.1, 0.15) is 38.5 Å². The summed E-state index contributed by atoms with van der Waals surface area (Å²) in [7, 11) is 0. The molecule has 0 saturated heterocycles. The maximum Gasteiger partial charge on any atom is 0.573 e. The van der Waals surface area contributed by atoms with E-state index in [-0.39, 0.29) is 41.4 Å². The first kappa shape index (κ1) is 22.8. The van der Waals surface area contributed by atoms with E-state index in [1.807, 2.05) is 0 Å². The minimum Gasteiger partial charge on any atom is -0.404 e. The largest absolute Gasteiger partial charge is 0.573 e. The summed E-state index contributed by atoms with van der Waals surface area (Å²) < 4.78 is 46.9. The second-order valence-corrected chi connectivity index (χ2v) is 5.92. The Balaban J connectivity index is 0.00000338. The Morgan fingerprint density at radius 2 is 1.88 bits per heavy atom. The average molecular weight is 487 g/mol. The minimum atomic E-state index is -4.76. The molecule has 1 aromatic rings. The van der Waals surface area contributed by atoms with Crippen molar-refractivity contribution in [3.63, 3.8) is 0 Å². The lowest BCUT2D eigenvalue weighted by Gasteiger charge is -2.21. The highest BCUT2D eigenvalue weighted by atomic mass is 127. The Morgan fingerprint density at radius 3 is 2.58 bits per heavy atom. The van der Waals surface area contributed by atoms with Crippen LogP contribution in [0.25, 0.3) is 0 Å². The Kier molecular flexibility index (Phi) is 10.1. The van der Waals surface area contributed by atoms with Crippen LogP contribution in [-0.2, 0) is 4.74 Å². The number of benzene rings is 1. The summed E-state index contributed by atoms with van der Waals surface area (Å²) in [5.74, 6) is -0.315. The normalized spacial score (nSPS) is 16.0. The first-order valence-electron chi connectivity index (χ1n) is 8.47. The van der Waals surface area contributed by atoms with Crippen LogP contribution in [0.5, 0.6) is 5.75 Å². The first-order valence-corrected chi connectivity index (χ1v) is 8.47. The maximum atomic E-state index is 12.4.